The maximum atomic E-state index is 12.4. The van der Waals surface area contributed by atoms with Crippen molar-refractivity contribution in [2.24, 2.45) is 0 Å². The van der Waals surface area contributed by atoms with Crippen LogP contribution in [0.1, 0.15) is 42.6 Å². The number of aryl methyl sites for hydroxylation is 1. The van der Waals surface area contributed by atoms with Crippen molar-refractivity contribution in [1.29, 1.82) is 0 Å². The van der Waals surface area contributed by atoms with Gasteiger partial charge in [0.25, 0.3) is 0 Å². The number of halogens is 1. The molecule has 0 radical (unpaired) electrons. The van der Waals surface area contributed by atoms with E-state index >= 15 is 0 Å². The van der Waals surface area contributed by atoms with E-state index in [1.807, 2.05) is 24.6 Å². The lowest BCUT2D eigenvalue weighted by Gasteiger charge is -2.27. The average molecular weight is 439 g/mol. The minimum absolute atomic E-state index is 0.0386. The highest BCUT2D eigenvalue weighted by Crippen LogP contribution is 2.22. The van der Waals surface area contributed by atoms with Gasteiger partial charge in [-0.2, -0.15) is 5.10 Å². The van der Waals surface area contributed by atoms with E-state index in [0.29, 0.717) is 17.9 Å². The fourth-order valence-corrected chi connectivity index (χ4v) is 4.13. The first-order chi connectivity index (χ1) is 15.0. The molecule has 0 bridgehead atoms. The predicted molar refractivity (Wildman–Crippen MR) is 123 cm³/mol. The summed E-state index contributed by atoms with van der Waals surface area (Å²) in [5.41, 5.74) is 3.73. The van der Waals surface area contributed by atoms with Crippen molar-refractivity contribution >= 4 is 29.0 Å². The van der Waals surface area contributed by atoms with E-state index in [1.54, 1.807) is 30.6 Å². The normalized spacial score (nSPS) is 14.0. The molecule has 1 fully saturated rings. The van der Waals surface area contributed by atoms with Crippen molar-refractivity contribution < 1.29 is 4.79 Å². The van der Waals surface area contributed by atoms with E-state index < -0.39 is 0 Å². The summed E-state index contributed by atoms with van der Waals surface area (Å²) in [5, 5.41) is 8.25. The topological polar surface area (TPSA) is 75.9 Å². The highest BCUT2D eigenvalue weighted by atomic mass is 35.5. The molecular formula is C23H27ClN6O. The zero-order valence-corrected chi connectivity index (χ0v) is 18.7. The lowest BCUT2D eigenvalue weighted by molar-refractivity contribution is -0.116. The quantitative estimate of drug-likeness (QED) is 0.613. The predicted octanol–water partition coefficient (Wildman–Crippen LogP) is 4.49. The van der Waals surface area contributed by atoms with Crippen LogP contribution in [0.4, 0.5) is 11.5 Å². The third kappa shape index (κ3) is 5.05. The molecule has 0 spiro atoms. The van der Waals surface area contributed by atoms with E-state index in [-0.39, 0.29) is 5.91 Å². The number of nitrogens with one attached hydrogen (secondary N) is 1. The molecule has 7 nitrogen and oxygen atoms in total. The molecule has 0 unspecified atom stereocenters. The van der Waals surface area contributed by atoms with E-state index in [0.717, 1.165) is 47.4 Å². The number of piperidine rings is 1. The molecule has 162 valence electrons. The number of aromatic nitrogens is 4. The van der Waals surface area contributed by atoms with Crippen LogP contribution in [-0.4, -0.2) is 38.7 Å². The van der Waals surface area contributed by atoms with Gasteiger partial charge in [0.1, 0.15) is 12.1 Å². The van der Waals surface area contributed by atoms with Crippen LogP contribution in [0.3, 0.4) is 0 Å². The smallest absolute Gasteiger partial charge is 0.224 e. The monoisotopic (exact) mass is 438 g/mol. The first-order valence-corrected chi connectivity index (χ1v) is 11.1. The summed E-state index contributed by atoms with van der Waals surface area (Å²) in [6.07, 6.45) is 6.26. The second-order valence-corrected chi connectivity index (χ2v) is 8.33. The molecule has 1 saturated heterocycles. The third-order valence-electron chi connectivity index (χ3n) is 5.71. The summed E-state index contributed by atoms with van der Waals surface area (Å²) in [4.78, 5) is 23.6. The zero-order valence-electron chi connectivity index (χ0n) is 17.9. The second kappa shape index (κ2) is 9.47. The number of hydrogen-bond acceptors (Lipinski definition) is 5. The molecule has 0 aliphatic carbocycles. The molecule has 3 aromatic rings. The molecule has 1 N–H and O–H groups in total. The maximum absolute atomic E-state index is 12.4. The summed E-state index contributed by atoms with van der Waals surface area (Å²) in [6, 6.07) is 9.11. The minimum Gasteiger partial charge on any atom is -0.356 e. The molecule has 1 aliphatic heterocycles. The van der Waals surface area contributed by atoms with Gasteiger partial charge in [0.2, 0.25) is 5.91 Å². The van der Waals surface area contributed by atoms with Crippen molar-refractivity contribution in [3.8, 4) is 5.82 Å². The molecule has 8 heteroatoms. The SMILES string of the molecule is Cc1nn(-c2cc(N3CCCCC3)ncn2)c(C)c1CCC(=O)Nc1ccc(Cl)cc1. The summed E-state index contributed by atoms with van der Waals surface area (Å²) >= 11 is 5.90. The number of amides is 1. The van der Waals surface area contributed by atoms with Gasteiger partial charge in [0.15, 0.2) is 5.82 Å². The summed E-state index contributed by atoms with van der Waals surface area (Å²) < 4.78 is 1.86. The number of carbonyl (C=O) groups is 1. The van der Waals surface area contributed by atoms with Gasteiger partial charge in [-0.15, -0.1) is 0 Å². The average Bonchev–Trinajstić information content (AvgIpc) is 3.08. The largest absolute Gasteiger partial charge is 0.356 e. The van der Waals surface area contributed by atoms with Crippen LogP contribution in [0, 0.1) is 13.8 Å². The Morgan fingerprint density at radius 1 is 1.06 bits per heavy atom. The lowest BCUT2D eigenvalue weighted by atomic mass is 10.1. The second-order valence-electron chi connectivity index (χ2n) is 7.90. The molecule has 4 rings (SSSR count). The molecule has 2 aromatic heterocycles. The van der Waals surface area contributed by atoms with Crippen molar-refractivity contribution in [3.05, 3.63) is 58.6 Å². The van der Waals surface area contributed by atoms with E-state index in [4.69, 9.17) is 16.7 Å². The minimum atomic E-state index is -0.0386. The standard InChI is InChI=1S/C23H27ClN6O/c1-16-20(10-11-23(31)27-19-8-6-18(24)7-9-19)17(2)30(28-16)22-14-21(25-15-26-22)29-12-4-3-5-13-29/h6-9,14-15H,3-5,10-13H2,1-2H3,(H,27,31). The Labute approximate surface area is 187 Å². The van der Waals surface area contributed by atoms with Gasteiger partial charge in [-0.05, 0) is 69.4 Å². The molecule has 1 amide bonds. The van der Waals surface area contributed by atoms with Crippen molar-refractivity contribution in [1.82, 2.24) is 19.7 Å². The number of benzene rings is 1. The Morgan fingerprint density at radius 2 is 1.77 bits per heavy atom. The molecule has 31 heavy (non-hydrogen) atoms. The maximum Gasteiger partial charge on any atom is 0.224 e. The lowest BCUT2D eigenvalue weighted by Crippen LogP contribution is -2.30. The summed E-state index contributed by atoms with van der Waals surface area (Å²) in [7, 11) is 0. The van der Waals surface area contributed by atoms with Crippen LogP contribution in [0.5, 0.6) is 0 Å². The Kier molecular flexibility index (Phi) is 6.51. The fourth-order valence-electron chi connectivity index (χ4n) is 4.00. The van der Waals surface area contributed by atoms with Crippen LogP contribution < -0.4 is 10.2 Å². The fraction of sp³-hybridized carbons (Fsp3) is 0.391. The van der Waals surface area contributed by atoms with Crippen LogP contribution in [0.15, 0.2) is 36.7 Å². The van der Waals surface area contributed by atoms with Gasteiger partial charge in [0.05, 0.1) is 5.69 Å². The number of nitrogens with zero attached hydrogens (tertiary/aromatic N) is 5. The van der Waals surface area contributed by atoms with Crippen molar-refractivity contribution in [2.75, 3.05) is 23.3 Å². The van der Waals surface area contributed by atoms with Crippen molar-refractivity contribution in [3.63, 3.8) is 0 Å². The van der Waals surface area contributed by atoms with Crippen molar-refractivity contribution in [2.45, 2.75) is 46.0 Å². The van der Waals surface area contributed by atoms with Gasteiger partial charge >= 0.3 is 0 Å². The number of anilines is 2. The highest BCUT2D eigenvalue weighted by molar-refractivity contribution is 6.30. The Hall–Kier alpha value is -2.93. The highest BCUT2D eigenvalue weighted by Gasteiger charge is 2.17. The molecule has 0 saturated carbocycles. The van der Waals surface area contributed by atoms with Gasteiger partial charge in [-0.3, -0.25) is 4.79 Å². The number of carbonyl (C=O) groups excluding carboxylic acids is 1. The first-order valence-electron chi connectivity index (χ1n) is 10.7. The van der Waals surface area contributed by atoms with E-state index in [2.05, 4.69) is 20.2 Å². The number of rotatable bonds is 6. The zero-order chi connectivity index (χ0) is 21.8. The molecule has 1 aromatic carbocycles. The summed E-state index contributed by atoms with van der Waals surface area (Å²) in [6.45, 7) is 6.06. The number of hydrogen-bond donors (Lipinski definition) is 1. The van der Waals surface area contributed by atoms with E-state index in [9.17, 15) is 4.79 Å². The Morgan fingerprint density at radius 3 is 2.52 bits per heavy atom. The Bertz CT molecular complexity index is 1060. The van der Waals surface area contributed by atoms with Gasteiger partial charge in [0, 0.05) is 42.0 Å². The van der Waals surface area contributed by atoms with Gasteiger partial charge < -0.3 is 10.2 Å². The van der Waals surface area contributed by atoms with Gasteiger partial charge in [-0.25, -0.2) is 14.6 Å². The molecule has 3 heterocycles. The molecule has 0 atom stereocenters. The van der Waals surface area contributed by atoms with Crippen LogP contribution in [-0.2, 0) is 11.2 Å². The Balaban J connectivity index is 1.46. The third-order valence-corrected chi connectivity index (χ3v) is 5.96. The molecule has 1 aliphatic rings. The summed E-state index contributed by atoms with van der Waals surface area (Å²) in [5.74, 6) is 1.66. The van der Waals surface area contributed by atoms with Crippen LogP contribution in [0.25, 0.3) is 5.82 Å². The van der Waals surface area contributed by atoms with E-state index in [1.165, 1.54) is 19.3 Å². The van der Waals surface area contributed by atoms with Gasteiger partial charge in [-0.1, -0.05) is 11.6 Å². The first kappa shape index (κ1) is 21.3. The van der Waals surface area contributed by atoms with Crippen LogP contribution >= 0.6 is 11.6 Å². The van der Waals surface area contributed by atoms with Crippen LogP contribution in [0.2, 0.25) is 5.02 Å². The molecular weight excluding hydrogens is 412 g/mol.